The van der Waals surface area contributed by atoms with Crippen LogP contribution in [0.3, 0.4) is 0 Å². The zero-order valence-electron chi connectivity index (χ0n) is 18.6. The van der Waals surface area contributed by atoms with Crippen LogP contribution in [0.1, 0.15) is 17.2 Å². The number of aliphatic hydroxyl groups excluding tert-OH is 1. The Balaban J connectivity index is 1.85. The molecule has 0 bridgehead atoms. The molecule has 1 atom stereocenters. The maximum atomic E-state index is 13.1. The van der Waals surface area contributed by atoms with E-state index in [9.17, 15) is 14.7 Å². The Morgan fingerprint density at radius 1 is 1.00 bits per heavy atom. The van der Waals surface area contributed by atoms with Crippen LogP contribution < -0.4 is 18.9 Å². The van der Waals surface area contributed by atoms with E-state index >= 15 is 0 Å². The Kier molecular flexibility index (Phi) is 6.41. The molecule has 0 saturated carbocycles. The van der Waals surface area contributed by atoms with Gasteiger partial charge in [-0.1, -0.05) is 6.07 Å². The lowest BCUT2D eigenvalue weighted by molar-refractivity contribution is -0.140. The maximum Gasteiger partial charge on any atom is 0.295 e. The number of carbonyl (C=O) groups excluding carboxylic acids is 2. The number of hydrogen-bond acceptors (Lipinski definition) is 8. The largest absolute Gasteiger partial charge is 0.507 e. The SMILES string of the molecule is COCCN1C(=O)C(=O)C(=C(O)c2ccc3c(c2)OCCO3)[C@@H]1c1ccc(OC)c(OC)c1. The van der Waals surface area contributed by atoms with Crippen LogP contribution in [0.25, 0.3) is 5.76 Å². The van der Waals surface area contributed by atoms with E-state index in [1.807, 2.05) is 0 Å². The number of nitrogens with zero attached hydrogens (tertiary/aromatic N) is 1. The van der Waals surface area contributed by atoms with Crippen molar-refractivity contribution in [2.24, 2.45) is 0 Å². The third-order valence-corrected chi connectivity index (χ3v) is 5.62. The van der Waals surface area contributed by atoms with Crippen LogP contribution in [-0.2, 0) is 14.3 Å². The minimum Gasteiger partial charge on any atom is -0.507 e. The van der Waals surface area contributed by atoms with Gasteiger partial charge >= 0.3 is 0 Å². The second kappa shape index (κ2) is 9.41. The molecule has 2 aromatic rings. The minimum absolute atomic E-state index is 0.0278. The van der Waals surface area contributed by atoms with Crippen molar-refractivity contribution in [3.63, 3.8) is 0 Å². The van der Waals surface area contributed by atoms with Crippen molar-refractivity contribution in [1.29, 1.82) is 0 Å². The Morgan fingerprint density at radius 3 is 2.42 bits per heavy atom. The summed E-state index contributed by atoms with van der Waals surface area (Å²) in [5, 5.41) is 11.2. The Morgan fingerprint density at radius 2 is 1.73 bits per heavy atom. The first kappa shape index (κ1) is 22.5. The van der Waals surface area contributed by atoms with Crippen LogP contribution in [0.15, 0.2) is 42.0 Å². The predicted molar refractivity (Wildman–Crippen MR) is 118 cm³/mol. The van der Waals surface area contributed by atoms with Gasteiger partial charge in [0.25, 0.3) is 11.7 Å². The summed E-state index contributed by atoms with van der Waals surface area (Å²) in [6, 6.07) is 9.15. The average Bonchev–Trinajstić information content (AvgIpc) is 3.11. The summed E-state index contributed by atoms with van der Waals surface area (Å²) >= 11 is 0. The number of aliphatic hydroxyl groups is 1. The molecule has 33 heavy (non-hydrogen) atoms. The fraction of sp³-hybridized carbons (Fsp3) is 0.333. The number of fused-ring (bicyclic) bond motifs is 1. The fourth-order valence-corrected chi connectivity index (χ4v) is 4.02. The second-order valence-electron chi connectivity index (χ2n) is 7.46. The number of ketones is 1. The van der Waals surface area contributed by atoms with Gasteiger partial charge in [-0.2, -0.15) is 0 Å². The van der Waals surface area contributed by atoms with Gasteiger partial charge in [0.2, 0.25) is 0 Å². The zero-order valence-corrected chi connectivity index (χ0v) is 18.6. The molecular weight excluding hydrogens is 430 g/mol. The highest BCUT2D eigenvalue weighted by molar-refractivity contribution is 6.46. The lowest BCUT2D eigenvalue weighted by Gasteiger charge is -2.25. The molecule has 174 valence electrons. The molecule has 1 saturated heterocycles. The van der Waals surface area contributed by atoms with Crippen molar-refractivity contribution < 1.29 is 38.4 Å². The van der Waals surface area contributed by atoms with Gasteiger partial charge in [0, 0.05) is 19.2 Å². The van der Waals surface area contributed by atoms with E-state index in [4.69, 9.17) is 23.7 Å². The highest BCUT2D eigenvalue weighted by Gasteiger charge is 2.46. The van der Waals surface area contributed by atoms with Crippen molar-refractivity contribution in [1.82, 2.24) is 4.90 Å². The normalized spacial score (nSPS) is 19.0. The highest BCUT2D eigenvalue weighted by atomic mass is 16.6. The standard InChI is InChI=1S/C24H25NO8/c1-29-9-8-25-21(14-4-6-16(30-2)18(12-14)31-3)20(23(27)24(25)28)22(26)15-5-7-17-19(13-15)33-11-10-32-17/h4-7,12-13,21,26H,8-11H2,1-3H3/t21-/m0/s1. The third-order valence-electron chi connectivity index (χ3n) is 5.62. The topological polar surface area (TPSA) is 104 Å². The van der Waals surface area contributed by atoms with E-state index in [2.05, 4.69) is 0 Å². The summed E-state index contributed by atoms with van der Waals surface area (Å²) in [5.41, 5.74) is 0.900. The lowest BCUT2D eigenvalue weighted by Crippen LogP contribution is -2.32. The monoisotopic (exact) mass is 455 g/mol. The first-order chi connectivity index (χ1) is 16.0. The van der Waals surface area contributed by atoms with Crippen molar-refractivity contribution in [3.05, 3.63) is 53.1 Å². The van der Waals surface area contributed by atoms with Crippen LogP contribution in [0, 0.1) is 0 Å². The summed E-state index contributed by atoms with van der Waals surface area (Å²) in [6.07, 6.45) is 0. The van der Waals surface area contributed by atoms with E-state index in [0.29, 0.717) is 47.3 Å². The molecule has 1 amide bonds. The molecule has 1 N–H and O–H groups in total. The van der Waals surface area contributed by atoms with Crippen molar-refractivity contribution in [3.8, 4) is 23.0 Å². The minimum atomic E-state index is -0.840. The van der Waals surface area contributed by atoms with Gasteiger partial charge in [-0.05, 0) is 35.9 Å². The van der Waals surface area contributed by atoms with Gasteiger partial charge in [0.05, 0.1) is 32.4 Å². The number of hydrogen-bond donors (Lipinski definition) is 1. The van der Waals surface area contributed by atoms with Crippen LogP contribution in [0.5, 0.6) is 23.0 Å². The number of rotatable bonds is 7. The van der Waals surface area contributed by atoms with Crippen LogP contribution in [0.4, 0.5) is 0 Å². The van der Waals surface area contributed by atoms with Crippen LogP contribution >= 0.6 is 0 Å². The van der Waals surface area contributed by atoms with Gasteiger partial charge in [-0.15, -0.1) is 0 Å². The Labute approximate surface area is 191 Å². The molecule has 2 aliphatic heterocycles. The van der Waals surface area contributed by atoms with Gasteiger partial charge in [-0.25, -0.2) is 0 Å². The van der Waals surface area contributed by atoms with Crippen molar-refractivity contribution in [2.45, 2.75) is 6.04 Å². The summed E-state index contributed by atoms with van der Waals surface area (Å²) < 4.78 is 27.0. The molecular formula is C24H25NO8. The van der Waals surface area contributed by atoms with E-state index in [-0.39, 0.29) is 24.5 Å². The molecule has 1 fully saturated rings. The quantitative estimate of drug-likeness (QED) is 0.386. The molecule has 0 spiro atoms. The zero-order chi connectivity index (χ0) is 23.5. The maximum absolute atomic E-state index is 13.1. The van der Waals surface area contributed by atoms with Gasteiger partial charge < -0.3 is 33.7 Å². The van der Waals surface area contributed by atoms with Gasteiger partial charge in [0.15, 0.2) is 23.0 Å². The molecule has 0 unspecified atom stereocenters. The van der Waals surface area contributed by atoms with E-state index in [1.54, 1.807) is 36.4 Å². The summed E-state index contributed by atoms with van der Waals surface area (Å²) in [5.74, 6) is 0.152. The number of benzene rings is 2. The highest BCUT2D eigenvalue weighted by Crippen LogP contribution is 2.42. The van der Waals surface area contributed by atoms with Gasteiger partial charge in [-0.3, -0.25) is 9.59 Å². The van der Waals surface area contributed by atoms with Crippen LogP contribution in [-0.4, -0.2) is 69.4 Å². The van der Waals surface area contributed by atoms with E-state index < -0.39 is 17.7 Å². The molecule has 0 aromatic heterocycles. The van der Waals surface area contributed by atoms with Crippen LogP contribution in [0.2, 0.25) is 0 Å². The molecule has 0 radical (unpaired) electrons. The molecule has 2 aliphatic rings. The van der Waals surface area contributed by atoms with E-state index in [0.717, 1.165) is 0 Å². The smallest absolute Gasteiger partial charge is 0.295 e. The lowest BCUT2D eigenvalue weighted by atomic mass is 9.95. The average molecular weight is 455 g/mol. The van der Waals surface area contributed by atoms with E-state index in [1.165, 1.54) is 26.2 Å². The van der Waals surface area contributed by atoms with Crippen molar-refractivity contribution >= 4 is 17.4 Å². The summed E-state index contributed by atoms with van der Waals surface area (Å²) in [7, 11) is 4.53. The van der Waals surface area contributed by atoms with Gasteiger partial charge in [0.1, 0.15) is 19.0 Å². The Hall–Kier alpha value is -3.72. The predicted octanol–water partition coefficient (Wildman–Crippen LogP) is 2.54. The first-order valence-corrected chi connectivity index (χ1v) is 10.4. The number of ether oxygens (including phenoxy) is 5. The summed E-state index contributed by atoms with van der Waals surface area (Å²) in [6.45, 7) is 1.20. The number of likely N-dealkylation sites (tertiary alicyclic amines) is 1. The third kappa shape index (κ3) is 4.07. The molecule has 0 aliphatic carbocycles. The molecule has 2 aromatic carbocycles. The molecule has 9 heteroatoms. The first-order valence-electron chi connectivity index (χ1n) is 10.4. The Bertz CT molecular complexity index is 1110. The molecule has 9 nitrogen and oxygen atoms in total. The molecule has 2 heterocycles. The van der Waals surface area contributed by atoms with Crippen molar-refractivity contribution in [2.75, 3.05) is 47.7 Å². The number of methoxy groups -OCH3 is 3. The fourth-order valence-electron chi connectivity index (χ4n) is 4.02. The number of Topliss-reactive ketones (excluding diaryl/α,β-unsaturated/α-hetero) is 1. The molecule has 4 rings (SSSR count). The second-order valence-corrected chi connectivity index (χ2v) is 7.46. The number of amides is 1. The summed E-state index contributed by atoms with van der Waals surface area (Å²) in [4.78, 5) is 27.4. The number of carbonyl (C=O) groups is 2.